The van der Waals surface area contributed by atoms with E-state index in [4.69, 9.17) is 0 Å². The third-order valence-electron chi connectivity index (χ3n) is 1.38. The maximum Gasteiger partial charge on any atom is 0.416 e. The van der Waals surface area contributed by atoms with Crippen molar-refractivity contribution in [2.24, 2.45) is 0 Å². The van der Waals surface area contributed by atoms with Crippen molar-refractivity contribution in [2.75, 3.05) is 0 Å². The van der Waals surface area contributed by atoms with Gasteiger partial charge in [0.1, 0.15) is 0 Å². The Kier molecular flexibility index (Phi) is 4.77. The summed E-state index contributed by atoms with van der Waals surface area (Å²) >= 11 is 0. The van der Waals surface area contributed by atoms with Crippen LogP contribution in [0.3, 0.4) is 0 Å². The molecule has 0 aliphatic rings. The second kappa shape index (κ2) is 5.33. The van der Waals surface area contributed by atoms with E-state index >= 15 is 0 Å². The van der Waals surface area contributed by atoms with E-state index in [0.29, 0.717) is 6.07 Å². The molecule has 15 heavy (non-hydrogen) atoms. The number of alkyl halides is 3. The first kappa shape index (κ1) is 13.4. The Balaban J connectivity index is 0.000000921. The van der Waals surface area contributed by atoms with Gasteiger partial charge in [-0.2, -0.15) is 13.2 Å². The SMILES string of the molecule is CC.O=[N+]([O-])c1cccc(C(F)(F)F)c1. The first-order valence-electron chi connectivity index (χ1n) is 4.23. The molecule has 0 unspecified atom stereocenters. The zero-order chi connectivity index (χ0) is 12.1. The van der Waals surface area contributed by atoms with Crippen molar-refractivity contribution in [3.05, 3.63) is 39.9 Å². The normalized spacial score (nSPS) is 10.2. The Morgan fingerprint density at radius 3 is 2.20 bits per heavy atom. The fourth-order valence-corrected chi connectivity index (χ4v) is 0.796. The van der Waals surface area contributed by atoms with Crippen molar-refractivity contribution in [3.63, 3.8) is 0 Å². The molecule has 0 spiro atoms. The third-order valence-corrected chi connectivity index (χ3v) is 1.38. The van der Waals surface area contributed by atoms with Crippen LogP contribution in [0.15, 0.2) is 24.3 Å². The van der Waals surface area contributed by atoms with Crippen LogP contribution in [0.1, 0.15) is 19.4 Å². The molecular weight excluding hydrogens is 211 g/mol. The summed E-state index contributed by atoms with van der Waals surface area (Å²) in [5.74, 6) is 0. The van der Waals surface area contributed by atoms with Crippen LogP contribution < -0.4 is 0 Å². The minimum absolute atomic E-state index is 0.500. The van der Waals surface area contributed by atoms with E-state index in [1.165, 1.54) is 0 Å². The van der Waals surface area contributed by atoms with Crippen LogP contribution in [-0.2, 0) is 6.18 Å². The van der Waals surface area contributed by atoms with E-state index < -0.39 is 22.4 Å². The number of rotatable bonds is 1. The maximum atomic E-state index is 12.0. The van der Waals surface area contributed by atoms with Gasteiger partial charge in [-0.25, -0.2) is 0 Å². The number of hydrogen-bond donors (Lipinski definition) is 0. The van der Waals surface area contributed by atoms with E-state index in [1.54, 1.807) is 0 Å². The molecule has 84 valence electrons. The van der Waals surface area contributed by atoms with Crippen molar-refractivity contribution < 1.29 is 18.1 Å². The molecule has 0 heterocycles. The average molecular weight is 221 g/mol. The highest BCUT2D eigenvalue weighted by Crippen LogP contribution is 2.30. The van der Waals surface area contributed by atoms with E-state index in [1.807, 2.05) is 13.8 Å². The Hall–Kier alpha value is -1.59. The molecule has 0 fully saturated rings. The van der Waals surface area contributed by atoms with Crippen LogP contribution in [0.2, 0.25) is 0 Å². The zero-order valence-electron chi connectivity index (χ0n) is 8.21. The summed E-state index contributed by atoms with van der Waals surface area (Å²) in [6.07, 6.45) is -4.54. The lowest BCUT2D eigenvalue weighted by molar-refractivity contribution is -0.385. The molecule has 0 saturated heterocycles. The molecule has 1 aromatic rings. The average Bonchev–Trinajstić information content (AvgIpc) is 2.20. The molecule has 0 saturated carbocycles. The first-order valence-corrected chi connectivity index (χ1v) is 4.23. The van der Waals surface area contributed by atoms with Crippen molar-refractivity contribution in [1.29, 1.82) is 0 Å². The molecule has 1 rings (SSSR count). The number of non-ortho nitro benzene ring substituents is 1. The zero-order valence-corrected chi connectivity index (χ0v) is 8.21. The molecule has 0 aliphatic carbocycles. The van der Waals surface area contributed by atoms with Crippen molar-refractivity contribution in [2.45, 2.75) is 20.0 Å². The minimum Gasteiger partial charge on any atom is -0.258 e. The highest BCUT2D eigenvalue weighted by molar-refractivity contribution is 5.35. The molecular formula is C9H10F3NO2. The van der Waals surface area contributed by atoms with Crippen LogP contribution in [0.4, 0.5) is 18.9 Å². The summed E-state index contributed by atoms with van der Waals surface area (Å²) in [4.78, 5) is 9.25. The van der Waals surface area contributed by atoms with Gasteiger partial charge in [0.05, 0.1) is 10.5 Å². The summed E-state index contributed by atoms with van der Waals surface area (Å²) in [6.45, 7) is 4.00. The predicted octanol–water partition coefficient (Wildman–Crippen LogP) is 3.64. The van der Waals surface area contributed by atoms with Gasteiger partial charge in [0.15, 0.2) is 0 Å². The first-order chi connectivity index (χ1) is 6.91. The highest BCUT2D eigenvalue weighted by atomic mass is 19.4. The third kappa shape index (κ3) is 3.97. The Bertz CT molecular complexity index is 336. The van der Waals surface area contributed by atoms with Crippen LogP contribution in [-0.4, -0.2) is 4.92 Å². The van der Waals surface area contributed by atoms with Crippen LogP contribution in [0, 0.1) is 10.1 Å². The molecule has 0 aliphatic heterocycles. The monoisotopic (exact) mass is 221 g/mol. The molecule has 6 heteroatoms. The lowest BCUT2D eigenvalue weighted by atomic mass is 10.2. The van der Waals surface area contributed by atoms with Gasteiger partial charge in [0.2, 0.25) is 0 Å². The quantitative estimate of drug-likeness (QED) is 0.536. The van der Waals surface area contributed by atoms with Gasteiger partial charge in [-0.3, -0.25) is 10.1 Å². The Labute approximate surface area is 84.7 Å². The molecule has 0 N–H and O–H groups in total. The van der Waals surface area contributed by atoms with Gasteiger partial charge in [0.25, 0.3) is 5.69 Å². The lowest BCUT2D eigenvalue weighted by Crippen LogP contribution is -2.04. The van der Waals surface area contributed by atoms with Crippen molar-refractivity contribution in [1.82, 2.24) is 0 Å². The summed E-state index contributed by atoms with van der Waals surface area (Å²) in [5.41, 5.74) is -1.57. The lowest BCUT2D eigenvalue weighted by Gasteiger charge is -2.04. The minimum atomic E-state index is -4.54. The summed E-state index contributed by atoms with van der Waals surface area (Å²) in [7, 11) is 0. The molecule has 3 nitrogen and oxygen atoms in total. The molecule has 0 bridgehead atoms. The number of halogens is 3. The summed E-state index contributed by atoms with van der Waals surface area (Å²) in [6, 6.07) is 3.29. The number of benzene rings is 1. The van der Waals surface area contributed by atoms with Gasteiger partial charge in [0, 0.05) is 12.1 Å². The van der Waals surface area contributed by atoms with E-state index in [0.717, 1.165) is 18.2 Å². The van der Waals surface area contributed by atoms with E-state index in [9.17, 15) is 23.3 Å². The number of hydrogen-bond acceptors (Lipinski definition) is 2. The second-order valence-electron chi connectivity index (χ2n) is 2.31. The molecule has 0 amide bonds. The maximum absolute atomic E-state index is 12.0. The van der Waals surface area contributed by atoms with Gasteiger partial charge >= 0.3 is 6.18 Å². The van der Waals surface area contributed by atoms with Crippen molar-refractivity contribution >= 4 is 5.69 Å². The molecule has 0 aromatic heterocycles. The fraction of sp³-hybridized carbons (Fsp3) is 0.333. The highest BCUT2D eigenvalue weighted by Gasteiger charge is 2.31. The van der Waals surface area contributed by atoms with E-state index in [-0.39, 0.29) is 0 Å². The largest absolute Gasteiger partial charge is 0.416 e. The second-order valence-corrected chi connectivity index (χ2v) is 2.31. The molecule has 0 atom stereocenters. The van der Waals surface area contributed by atoms with Crippen LogP contribution in [0.25, 0.3) is 0 Å². The van der Waals surface area contributed by atoms with Gasteiger partial charge in [-0.05, 0) is 6.07 Å². The van der Waals surface area contributed by atoms with Gasteiger partial charge < -0.3 is 0 Å². The van der Waals surface area contributed by atoms with Gasteiger partial charge in [-0.15, -0.1) is 0 Å². The predicted molar refractivity (Wildman–Crippen MR) is 49.4 cm³/mol. The molecule has 1 aromatic carbocycles. The molecule has 0 radical (unpaired) electrons. The Morgan fingerprint density at radius 2 is 1.80 bits per heavy atom. The van der Waals surface area contributed by atoms with Crippen LogP contribution in [0.5, 0.6) is 0 Å². The standard InChI is InChI=1S/C7H4F3NO2.C2H6/c8-7(9,10)5-2-1-3-6(4-5)11(12)13;1-2/h1-4H;1-2H3. The van der Waals surface area contributed by atoms with Crippen molar-refractivity contribution in [3.8, 4) is 0 Å². The van der Waals surface area contributed by atoms with E-state index in [2.05, 4.69) is 0 Å². The summed E-state index contributed by atoms with van der Waals surface area (Å²) in [5, 5.41) is 10.1. The van der Waals surface area contributed by atoms with Crippen LogP contribution >= 0.6 is 0 Å². The smallest absolute Gasteiger partial charge is 0.258 e. The number of nitro groups is 1. The number of nitrogens with zero attached hydrogens (tertiary/aromatic N) is 1. The number of nitro benzene ring substituents is 1. The topological polar surface area (TPSA) is 43.1 Å². The summed E-state index contributed by atoms with van der Waals surface area (Å²) < 4.78 is 36.0. The fourth-order valence-electron chi connectivity index (χ4n) is 0.796. The van der Waals surface area contributed by atoms with Gasteiger partial charge in [-0.1, -0.05) is 19.9 Å². The Morgan fingerprint density at radius 1 is 1.27 bits per heavy atom.